The molecule has 0 radical (unpaired) electrons. The molecule has 1 unspecified atom stereocenters. The summed E-state index contributed by atoms with van der Waals surface area (Å²) in [6.07, 6.45) is -0.0305. The fourth-order valence-electron chi connectivity index (χ4n) is 1.99. The molecule has 0 aliphatic rings. The molecule has 1 aromatic carbocycles. The zero-order chi connectivity index (χ0) is 18.3. The van der Waals surface area contributed by atoms with E-state index in [0.717, 1.165) is 18.2 Å². The topological polar surface area (TPSA) is 75.6 Å². The number of amides is 1. The first-order chi connectivity index (χ1) is 11.1. The SMILES string of the molecule is CC(C)(C)OCCC(NC(=O)CCc1cc(F)ccc1F)C(=O)O. The van der Waals surface area contributed by atoms with Crippen LogP contribution in [-0.2, 0) is 20.7 Å². The first kappa shape index (κ1) is 20.0. The third-order valence-corrected chi connectivity index (χ3v) is 3.20. The number of carbonyl (C=O) groups is 2. The summed E-state index contributed by atoms with van der Waals surface area (Å²) in [4.78, 5) is 23.0. The molecule has 5 nitrogen and oxygen atoms in total. The maximum atomic E-state index is 13.5. The molecule has 0 aliphatic carbocycles. The molecule has 0 aromatic heterocycles. The van der Waals surface area contributed by atoms with E-state index in [1.54, 1.807) is 0 Å². The van der Waals surface area contributed by atoms with Gasteiger partial charge in [-0.1, -0.05) is 0 Å². The van der Waals surface area contributed by atoms with Gasteiger partial charge in [0, 0.05) is 19.4 Å². The zero-order valence-corrected chi connectivity index (χ0v) is 14.1. The molecule has 1 rings (SSSR count). The van der Waals surface area contributed by atoms with Gasteiger partial charge >= 0.3 is 5.97 Å². The van der Waals surface area contributed by atoms with Crippen molar-refractivity contribution in [2.45, 2.75) is 51.7 Å². The van der Waals surface area contributed by atoms with Crippen molar-refractivity contribution in [3.63, 3.8) is 0 Å². The van der Waals surface area contributed by atoms with Crippen molar-refractivity contribution in [3.8, 4) is 0 Å². The molecule has 1 atom stereocenters. The van der Waals surface area contributed by atoms with Gasteiger partial charge in [-0.15, -0.1) is 0 Å². The number of benzene rings is 1. The summed E-state index contributed by atoms with van der Waals surface area (Å²) in [5.74, 6) is -2.90. The van der Waals surface area contributed by atoms with E-state index in [1.807, 2.05) is 20.8 Å². The van der Waals surface area contributed by atoms with E-state index in [2.05, 4.69) is 5.32 Å². The number of carboxylic acids is 1. The summed E-state index contributed by atoms with van der Waals surface area (Å²) in [6, 6.07) is 1.92. The number of hydrogen-bond acceptors (Lipinski definition) is 3. The molecule has 0 aliphatic heterocycles. The van der Waals surface area contributed by atoms with Gasteiger partial charge in [-0.05, 0) is 51.0 Å². The van der Waals surface area contributed by atoms with E-state index in [0.29, 0.717) is 0 Å². The zero-order valence-electron chi connectivity index (χ0n) is 14.1. The van der Waals surface area contributed by atoms with Gasteiger partial charge in [0.1, 0.15) is 17.7 Å². The molecule has 2 N–H and O–H groups in total. The second kappa shape index (κ2) is 8.73. The van der Waals surface area contributed by atoms with Crippen molar-refractivity contribution in [2.24, 2.45) is 0 Å². The number of nitrogens with one attached hydrogen (secondary N) is 1. The van der Waals surface area contributed by atoms with Crippen LogP contribution in [0.1, 0.15) is 39.2 Å². The van der Waals surface area contributed by atoms with Gasteiger partial charge in [0.2, 0.25) is 5.91 Å². The van der Waals surface area contributed by atoms with E-state index >= 15 is 0 Å². The van der Waals surface area contributed by atoms with Crippen molar-refractivity contribution < 1.29 is 28.2 Å². The highest BCUT2D eigenvalue weighted by Gasteiger charge is 2.21. The Balaban J connectivity index is 2.50. The third kappa shape index (κ3) is 7.50. The number of ether oxygens (including phenoxy) is 1. The molecule has 0 bridgehead atoms. The standard InChI is InChI=1S/C17H23F2NO4/c1-17(2,3)24-9-8-14(16(22)23)20-15(21)7-4-11-10-12(18)5-6-13(11)19/h5-6,10,14H,4,7-9H2,1-3H3,(H,20,21)(H,22,23). The molecule has 1 aromatic rings. The highest BCUT2D eigenvalue weighted by molar-refractivity contribution is 5.83. The lowest BCUT2D eigenvalue weighted by atomic mass is 10.1. The summed E-state index contributed by atoms with van der Waals surface area (Å²) in [5.41, 5.74) is -0.324. The summed E-state index contributed by atoms with van der Waals surface area (Å²) in [7, 11) is 0. The molecule has 0 saturated heterocycles. The van der Waals surface area contributed by atoms with Gasteiger partial charge in [-0.3, -0.25) is 4.79 Å². The molecule has 0 heterocycles. The number of carboxylic acid groups (broad SMARTS) is 1. The highest BCUT2D eigenvalue weighted by Crippen LogP contribution is 2.12. The van der Waals surface area contributed by atoms with Crippen molar-refractivity contribution in [1.82, 2.24) is 5.32 Å². The van der Waals surface area contributed by atoms with Crippen LogP contribution < -0.4 is 5.32 Å². The number of aliphatic carboxylic acids is 1. The second-order valence-electron chi connectivity index (χ2n) is 6.44. The lowest BCUT2D eigenvalue weighted by Gasteiger charge is -2.21. The van der Waals surface area contributed by atoms with Crippen molar-refractivity contribution in [2.75, 3.05) is 6.61 Å². The molecule has 134 valence electrons. The van der Waals surface area contributed by atoms with Crippen LogP contribution in [0.25, 0.3) is 0 Å². The van der Waals surface area contributed by atoms with Crippen molar-refractivity contribution >= 4 is 11.9 Å². The fourth-order valence-corrected chi connectivity index (χ4v) is 1.99. The number of halogens is 2. The molecule has 0 fully saturated rings. The van der Waals surface area contributed by atoms with Gasteiger partial charge in [0.05, 0.1) is 5.60 Å². The summed E-state index contributed by atoms with van der Waals surface area (Å²) in [5, 5.41) is 11.5. The van der Waals surface area contributed by atoms with Gasteiger partial charge in [-0.2, -0.15) is 0 Å². The summed E-state index contributed by atoms with van der Waals surface area (Å²) < 4.78 is 32.0. The molecular weight excluding hydrogens is 320 g/mol. The minimum Gasteiger partial charge on any atom is -0.480 e. The predicted octanol–water partition coefficient (Wildman–Crippen LogP) is 2.67. The van der Waals surface area contributed by atoms with Crippen LogP contribution >= 0.6 is 0 Å². The van der Waals surface area contributed by atoms with Gasteiger partial charge in [0.15, 0.2) is 0 Å². The Labute approximate surface area is 140 Å². The molecule has 24 heavy (non-hydrogen) atoms. The number of aryl methyl sites for hydroxylation is 1. The Morgan fingerprint density at radius 2 is 1.96 bits per heavy atom. The normalized spacial score (nSPS) is 12.7. The quantitative estimate of drug-likeness (QED) is 0.761. The monoisotopic (exact) mass is 343 g/mol. The van der Waals surface area contributed by atoms with Crippen molar-refractivity contribution in [3.05, 3.63) is 35.4 Å². The Morgan fingerprint density at radius 1 is 1.29 bits per heavy atom. The lowest BCUT2D eigenvalue weighted by molar-refractivity contribution is -0.142. The van der Waals surface area contributed by atoms with E-state index in [4.69, 9.17) is 9.84 Å². The maximum Gasteiger partial charge on any atom is 0.326 e. The van der Waals surface area contributed by atoms with Crippen LogP contribution in [0.5, 0.6) is 0 Å². The minimum atomic E-state index is -1.17. The lowest BCUT2D eigenvalue weighted by Crippen LogP contribution is -2.42. The van der Waals surface area contributed by atoms with Crippen LogP contribution in [0.15, 0.2) is 18.2 Å². The van der Waals surface area contributed by atoms with Crippen LogP contribution in [0.3, 0.4) is 0 Å². The van der Waals surface area contributed by atoms with Gasteiger partial charge in [-0.25, -0.2) is 13.6 Å². The van der Waals surface area contributed by atoms with E-state index in [1.165, 1.54) is 0 Å². The highest BCUT2D eigenvalue weighted by atomic mass is 19.1. The first-order valence-electron chi connectivity index (χ1n) is 7.68. The van der Waals surface area contributed by atoms with Crippen LogP contribution in [0, 0.1) is 11.6 Å². The minimum absolute atomic E-state index is 0.0136. The van der Waals surface area contributed by atoms with Crippen molar-refractivity contribution in [1.29, 1.82) is 0 Å². The Morgan fingerprint density at radius 3 is 2.54 bits per heavy atom. The van der Waals surface area contributed by atoms with E-state index < -0.39 is 35.2 Å². The van der Waals surface area contributed by atoms with Gasteiger partial charge < -0.3 is 15.2 Å². The van der Waals surface area contributed by atoms with Crippen LogP contribution in [-0.4, -0.2) is 35.2 Å². The first-order valence-corrected chi connectivity index (χ1v) is 7.68. The molecule has 1 amide bonds. The largest absolute Gasteiger partial charge is 0.480 e. The van der Waals surface area contributed by atoms with E-state index in [9.17, 15) is 18.4 Å². The van der Waals surface area contributed by atoms with E-state index in [-0.39, 0.29) is 31.4 Å². The molecular formula is C17H23F2NO4. The van der Waals surface area contributed by atoms with Gasteiger partial charge in [0.25, 0.3) is 0 Å². The average molecular weight is 343 g/mol. The van der Waals surface area contributed by atoms with Crippen LogP contribution in [0.4, 0.5) is 8.78 Å². The molecule has 0 spiro atoms. The summed E-state index contributed by atoms with van der Waals surface area (Å²) >= 11 is 0. The maximum absolute atomic E-state index is 13.5. The number of carbonyl (C=O) groups excluding carboxylic acids is 1. The Bertz CT molecular complexity index is 584. The summed E-state index contributed by atoms with van der Waals surface area (Å²) in [6.45, 7) is 5.71. The third-order valence-electron chi connectivity index (χ3n) is 3.20. The smallest absolute Gasteiger partial charge is 0.326 e. The van der Waals surface area contributed by atoms with Crippen LogP contribution in [0.2, 0.25) is 0 Å². The molecule has 7 heteroatoms. The predicted molar refractivity (Wildman–Crippen MR) is 84.6 cm³/mol. The number of rotatable bonds is 8. The Hall–Kier alpha value is -2.02. The fraction of sp³-hybridized carbons (Fsp3) is 0.529. The number of hydrogen-bond donors (Lipinski definition) is 2. The Kier molecular flexibility index (Phi) is 7.28. The molecule has 0 saturated carbocycles. The second-order valence-corrected chi connectivity index (χ2v) is 6.44. The average Bonchev–Trinajstić information content (AvgIpc) is 2.45.